The zero-order valence-electron chi connectivity index (χ0n) is 44.9. The molecule has 2 aromatic heterocycles. The predicted octanol–water partition coefficient (Wildman–Crippen LogP) is -2.62. The van der Waals surface area contributed by atoms with Gasteiger partial charge in [-0.15, -0.1) is 0 Å². The third-order valence-electron chi connectivity index (χ3n) is 13.4. The molecule has 30 heteroatoms. The summed E-state index contributed by atoms with van der Waals surface area (Å²) in [5.41, 5.74) is 19.3. The lowest BCUT2D eigenvalue weighted by atomic mass is 10.0. The third kappa shape index (κ3) is 18.7. The maximum Gasteiger partial charge on any atom is 0.303 e. The molecule has 442 valence electrons. The number of aromatic nitrogens is 3. The van der Waals surface area contributed by atoms with Crippen molar-refractivity contribution in [1.82, 2.24) is 62.4 Å². The lowest BCUT2D eigenvalue weighted by Crippen LogP contribution is -2.61. The number of aliphatic carboxylic acids is 1. The summed E-state index contributed by atoms with van der Waals surface area (Å²) in [6, 6.07) is 3.94. The van der Waals surface area contributed by atoms with Crippen LogP contribution in [0, 0.1) is 0 Å². The number of H-pyrrole nitrogens is 2. The number of para-hydroxylation sites is 1. The number of carboxylic acids is 1. The van der Waals surface area contributed by atoms with Crippen molar-refractivity contribution in [1.29, 1.82) is 0 Å². The van der Waals surface area contributed by atoms with E-state index in [1.54, 1.807) is 48.7 Å². The minimum absolute atomic E-state index is 0.0261. The highest BCUT2D eigenvalue weighted by Crippen LogP contribution is 2.25. The Balaban J connectivity index is 1.42. The summed E-state index contributed by atoms with van der Waals surface area (Å²) in [5.74, 6) is -10.1. The van der Waals surface area contributed by atoms with Crippen molar-refractivity contribution >= 4 is 97.6 Å². The third-order valence-corrected chi connectivity index (χ3v) is 15.8. The van der Waals surface area contributed by atoms with Gasteiger partial charge in [-0.3, -0.25) is 63.2 Å². The van der Waals surface area contributed by atoms with Crippen LogP contribution in [0.15, 0.2) is 78.3 Å². The summed E-state index contributed by atoms with van der Waals surface area (Å²) in [6.07, 6.45) is 2.17. The standard InChI is InChI=1S/C52H70N16O12S2/c1-2-3-15-40(68-41(69)24-59-52(68)80)50(79)67-39-26-82-81-25-38(43(53)72)66-47(76)36(20-29-22-58-32-13-8-7-12-31(29)32)64-44(73)33(14-9-18-57-51(54)55)61-46(75)35(19-28-10-5-4-6-11-28)63-48(77)37(21-30-23-56-27-60-30)65-45(74)34(62-49(39)78)16-17-42(70)71/h4-8,10-13,22-23,27,33-40,52,58-59,80H,2-3,9,14-21,24-26H2,1H3,(H2,53,72)(H,56,60)(H,61,75)(H,62,78)(H,63,77)(H,64,73)(H,65,74)(H,66,76)(H,67,79)(H,70,71)(H4,54,55,57)/t33-,34-,35+,36-,37-,38-,39-,40-,52?/m0/s1. The molecule has 28 nitrogen and oxygen atoms in total. The average Bonchev–Trinajstić information content (AvgIpc) is 4.26. The Hall–Kier alpha value is -8.22. The first-order valence-corrected chi connectivity index (χ1v) is 29.0. The second kappa shape index (κ2) is 31.1. The normalized spacial score (nSPS) is 23.3. The Morgan fingerprint density at radius 1 is 0.744 bits per heavy atom. The number of unbranched alkanes of at least 4 members (excludes halogenated alkanes) is 1. The van der Waals surface area contributed by atoms with E-state index in [1.807, 2.05) is 19.1 Å². The lowest BCUT2D eigenvalue weighted by Gasteiger charge is -2.31. The van der Waals surface area contributed by atoms with Crippen LogP contribution >= 0.6 is 21.6 Å². The molecule has 9 atom stereocenters. The maximum atomic E-state index is 14.8. The van der Waals surface area contributed by atoms with Crippen LogP contribution in [-0.4, -0.2) is 174 Å². The monoisotopic (exact) mass is 1170 g/mol. The number of aliphatic hydroxyl groups excluding tert-OH is 1. The first-order valence-electron chi connectivity index (χ1n) is 26.5. The van der Waals surface area contributed by atoms with Gasteiger partial charge in [-0.2, -0.15) is 0 Å². The zero-order valence-corrected chi connectivity index (χ0v) is 46.5. The van der Waals surface area contributed by atoms with Gasteiger partial charge in [0.25, 0.3) is 0 Å². The number of imidazole rings is 1. The molecule has 2 aliphatic rings. The van der Waals surface area contributed by atoms with E-state index in [0.717, 1.165) is 37.4 Å². The number of aliphatic imine (C=N–C) groups is 1. The number of aliphatic hydroxyl groups is 1. The smallest absolute Gasteiger partial charge is 0.303 e. The summed E-state index contributed by atoms with van der Waals surface area (Å²) >= 11 is 0. The molecular formula is C52H70N16O12S2. The molecule has 0 bridgehead atoms. The predicted molar refractivity (Wildman–Crippen MR) is 303 cm³/mol. The average molecular weight is 1180 g/mol. The number of aromatic amines is 2. The van der Waals surface area contributed by atoms with Crippen molar-refractivity contribution in [3.05, 3.63) is 90.1 Å². The molecule has 18 N–H and O–H groups in total. The van der Waals surface area contributed by atoms with Gasteiger partial charge in [-0.25, -0.2) is 4.98 Å². The molecule has 6 rings (SSSR count). The number of nitrogens with one attached hydrogen (secondary N) is 10. The van der Waals surface area contributed by atoms with Gasteiger partial charge in [0.15, 0.2) is 12.3 Å². The molecule has 0 spiro atoms. The van der Waals surface area contributed by atoms with Crippen LogP contribution in [0.25, 0.3) is 10.9 Å². The van der Waals surface area contributed by atoms with Gasteiger partial charge in [-0.1, -0.05) is 89.9 Å². The van der Waals surface area contributed by atoms with Crippen LogP contribution in [0.1, 0.15) is 68.7 Å². The second-order valence-corrected chi connectivity index (χ2v) is 22.1. The number of carbonyl (C=O) groups is 10. The van der Waals surface area contributed by atoms with Crippen molar-refractivity contribution in [2.45, 2.75) is 126 Å². The molecule has 2 saturated heterocycles. The maximum absolute atomic E-state index is 14.8. The number of carboxylic acid groups (broad SMARTS) is 1. The molecular weight excluding hydrogens is 1100 g/mol. The van der Waals surface area contributed by atoms with Crippen LogP contribution in [0.3, 0.4) is 0 Å². The number of amides is 9. The highest BCUT2D eigenvalue weighted by atomic mass is 33.1. The molecule has 1 unspecified atom stereocenters. The van der Waals surface area contributed by atoms with Crippen LogP contribution < -0.4 is 59.7 Å². The lowest BCUT2D eigenvalue weighted by molar-refractivity contribution is -0.146. The van der Waals surface area contributed by atoms with E-state index in [1.165, 1.54) is 12.5 Å². The van der Waals surface area contributed by atoms with Gasteiger partial charge in [0, 0.05) is 72.7 Å². The van der Waals surface area contributed by atoms with Crippen LogP contribution in [-0.2, 0) is 67.2 Å². The summed E-state index contributed by atoms with van der Waals surface area (Å²) in [5, 5.41) is 42.4. The van der Waals surface area contributed by atoms with Crippen LogP contribution in [0.5, 0.6) is 0 Å². The minimum atomic E-state index is -1.69. The van der Waals surface area contributed by atoms with Crippen LogP contribution in [0.4, 0.5) is 0 Å². The summed E-state index contributed by atoms with van der Waals surface area (Å²) in [6.45, 7) is 1.60. The Bertz CT molecular complexity index is 2910. The highest BCUT2D eigenvalue weighted by Gasteiger charge is 2.41. The quantitative estimate of drug-likeness (QED) is 0.0186. The van der Waals surface area contributed by atoms with Crippen molar-refractivity contribution < 1.29 is 58.2 Å². The van der Waals surface area contributed by atoms with E-state index >= 15 is 0 Å². The number of nitrogens with two attached hydrogens (primary N) is 3. The van der Waals surface area contributed by atoms with Gasteiger partial charge in [0.2, 0.25) is 53.2 Å². The zero-order chi connectivity index (χ0) is 59.3. The topological polar surface area (TPSA) is 446 Å². The van der Waals surface area contributed by atoms with Crippen molar-refractivity contribution in [2.75, 3.05) is 24.6 Å². The molecule has 4 aromatic rings. The Labute approximate surface area is 479 Å². The summed E-state index contributed by atoms with van der Waals surface area (Å²) in [4.78, 5) is 155. The number of fused-ring (bicyclic) bond motifs is 1. The van der Waals surface area contributed by atoms with E-state index in [0.29, 0.717) is 29.7 Å². The fourth-order valence-electron chi connectivity index (χ4n) is 9.08. The van der Waals surface area contributed by atoms with E-state index in [4.69, 9.17) is 17.2 Å². The molecule has 2 aliphatic heterocycles. The van der Waals surface area contributed by atoms with Crippen LogP contribution in [0.2, 0.25) is 0 Å². The fourth-order valence-corrected chi connectivity index (χ4v) is 11.4. The molecule has 2 fully saturated rings. The number of benzene rings is 2. The molecule has 0 saturated carbocycles. The molecule has 4 heterocycles. The largest absolute Gasteiger partial charge is 0.481 e. The first kappa shape index (κ1) is 63.0. The van der Waals surface area contributed by atoms with Gasteiger partial charge >= 0.3 is 5.97 Å². The number of rotatable bonds is 20. The molecule has 0 aliphatic carbocycles. The minimum Gasteiger partial charge on any atom is -0.481 e. The number of hydrogen-bond acceptors (Lipinski definition) is 16. The Kier molecular flexibility index (Phi) is 23.9. The van der Waals surface area contributed by atoms with Crippen molar-refractivity contribution in [2.24, 2.45) is 22.2 Å². The van der Waals surface area contributed by atoms with E-state index in [9.17, 15) is 58.2 Å². The number of carbonyl (C=O) groups excluding carboxylic acids is 9. The van der Waals surface area contributed by atoms with Gasteiger partial charge in [-0.05, 0) is 42.9 Å². The molecule has 2 aromatic carbocycles. The van der Waals surface area contributed by atoms with Gasteiger partial charge in [0.1, 0.15) is 48.3 Å². The van der Waals surface area contributed by atoms with E-state index in [-0.39, 0.29) is 69.1 Å². The molecule has 9 amide bonds. The fraction of sp³-hybridized carbons (Fsp3) is 0.462. The van der Waals surface area contributed by atoms with Gasteiger partial charge in [0.05, 0.1) is 12.9 Å². The number of hydrogen-bond donors (Lipinski definition) is 15. The summed E-state index contributed by atoms with van der Waals surface area (Å²) in [7, 11) is 1.88. The van der Waals surface area contributed by atoms with Crippen molar-refractivity contribution in [3.63, 3.8) is 0 Å². The van der Waals surface area contributed by atoms with Gasteiger partial charge < -0.3 is 74.6 Å². The number of primary amides is 1. The highest BCUT2D eigenvalue weighted by molar-refractivity contribution is 8.76. The van der Waals surface area contributed by atoms with E-state index < -0.39 is 127 Å². The SMILES string of the molecule is CCCC[C@@H](C(=O)N[C@H]1CSSC[C@@H](C(N)=O)NC(=O)[C@H](Cc2c[nH]c3ccccc23)NC(=O)[C@H](CCCN=C(N)N)NC(=O)[C@@H](Cc2ccccc2)NC(=O)[C@H](Cc2cnc[nH]2)NC(=O)[C@H](CCC(=O)O)NC1=O)N1C(=O)CNC1O. The summed E-state index contributed by atoms with van der Waals surface area (Å²) < 4.78 is 0. The number of nitrogens with zero attached hydrogens (tertiary/aromatic N) is 3. The Morgan fingerprint density at radius 2 is 1.35 bits per heavy atom. The van der Waals surface area contributed by atoms with E-state index in [2.05, 4.69) is 62.5 Å². The van der Waals surface area contributed by atoms with Crippen molar-refractivity contribution in [3.8, 4) is 0 Å². The first-order chi connectivity index (χ1) is 39.3. The molecule has 82 heavy (non-hydrogen) atoms. The Morgan fingerprint density at radius 3 is 1.99 bits per heavy atom. The number of guanidine groups is 1. The molecule has 0 radical (unpaired) electrons. The second-order valence-electron chi connectivity index (χ2n) is 19.5.